The van der Waals surface area contributed by atoms with Crippen LogP contribution >= 0.6 is 15.0 Å². The normalized spacial score (nSPS) is 18.1. The van der Waals surface area contributed by atoms with E-state index in [0.717, 1.165) is 21.3 Å². The first-order chi connectivity index (χ1) is 26.8. The molecule has 0 amide bonds. The zero-order chi connectivity index (χ0) is 38.2. The Kier molecular flexibility index (Phi) is 20.2. The van der Waals surface area contributed by atoms with E-state index in [9.17, 15) is 0 Å². The molecule has 0 unspecified atom stereocenters. The summed E-state index contributed by atoms with van der Waals surface area (Å²) < 4.78 is 28.4. The van der Waals surface area contributed by atoms with Gasteiger partial charge in [0.25, 0.3) is 0 Å². The van der Waals surface area contributed by atoms with E-state index in [2.05, 4.69) is 182 Å². The number of benzene rings is 6. The van der Waals surface area contributed by atoms with E-state index in [0.29, 0.717) is 13.2 Å². The molecule has 0 bridgehead atoms. The number of aliphatic hydroxyl groups is 3. The van der Waals surface area contributed by atoms with E-state index in [1.54, 1.807) is 0 Å². The maximum absolute atomic E-state index is 7.52. The number of rotatable bonds is 10. The molecule has 6 aromatic carbocycles. The molecule has 2 saturated heterocycles. The van der Waals surface area contributed by atoms with Gasteiger partial charge in [0, 0.05) is 21.3 Å². The van der Waals surface area contributed by atoms with Crippen molar-refractivity contribution in [3.8, 4) is 0 Å². The molecule has 7 nitrogen and oxygen atoms in total. The molecule has 0 aromatic heterocycles. The summed E-state index contributed by atoms with van der Waals surface area (Å²) in [6, 6.07) is 63.9. The lowest BCUT2D eigenvalue weighted by molar-refractivity contribution is -0.001000. The van der Waals surface area contributed by atoms with Crippen molar-refractivity contribution in [2.45, 2.75) is 24.4 Å². The fourth-order valence-electron chi connectivity index (χ4n) is 7.10. The molecular formula is C45H50Br2O7P2. The molecule has 8 rings (SSSR count). The summed E-state index contributed by atoms with van der Waals surface area (Å²) in [5.74, 6) is 0. The van der Waals surface area contributed by atoms with Crippen LogP contribution in [-0.4, -0.2) is 74.3 Å². The van der Waals surface area contributed by atoms with Gasteiger partial charge >= 0.3 is 0 Å². The SMILES string of the molecule is CO.CO.CO.[Br-].[Br-].c1ccc([P+](O[C@@H]2CO[C@H]3[C@@H]2OC[C@H]3O[P+](c2ccccc2)(c2ccccc2)c2ccccc2)(c2ccccc2)c2ccccc2)cc1. The molecule has 2 aliphatic heterocycles. The standard InChI is InChI=1S/C42H38O4P2.3CH4O.2BrH/c1-7-19-33(20-8-1)47(34-21-9-2-10-22-34,35-23-11-3-12-24-35)45-39-31-43-42-40(32-44-41(39)42)46-48(36-25-13-4-14-26-36,37-27-15-5-16-28-37)38-29-17-6-18-30-38;3*1-2;;/h1-30,39-42H,31-32H2;3*2H,1H3;2*1H/q+2;;;;;/p-2/t39-,40-,41-,42-;;;;;/m1...../s1. The summed E-state index contributed by atoms with van der Waals surface area (Å²) in [7, 11) is -2.10. The fourth-order valence-corrected chi connectivity index (χ4v) is 14.3. The second-order valence-electron chi connectivity index (χ2n) is 12.1. The second kappa shape index (κ2) is 23.9. The molecular weight excluding hydrogens is 874 g/mol. The van der Waals surface area contributed by atoms with Crippen molar-refractivity contribution < 1.29 is 67.8 Å². The van der Waals surface area contributed by atoms with Gasteiger partial charge in [-0.3, -0.25) is 0 Å². The fraction of sp³-hybridized carbons (Fsp3) is 0.200. The van der Waals surface area contributed by atoms with Crippen molar-refractivity contribution in [1.29, 1.82) is 0 Å². The van der Waals surface area contributed by atoms with Gasteiger partial charge in [0.05, 0.1) is 13.2 Å². The number of halogens is 2. The summed E-state index contributed by atoms with van der Waals surface area (Å²) in [5.41, 5.74) is 0. The second-order valence-corrected chi connectivity index (χ2v) is 18.1. The zero-order valence-electron chi connectivity index (χ0n) is 31.7. The number of ether oxygens (including phenoxy) is 2. The van der Waals surface area contributed by atoms with E-state index in [1.165, 1.54) is 31.8 Å². The molecule has 56 heavy (non-hydrogen) atoms. The van der Waals surface area contributed by atoms with Crippen LogP contribution in [0.15, 0.2) is 182 Å². The van der Waals surface area contributed by atoms with Crippen molar-refractivity contribution in [3.63, 3.8) is 0 Å². The first-order valence-electron chi connectivity index (χ1n) is 17.8. The van der Waals surface area contributed by atoms with Crippen molar-refractivity contribution in [2.75, 3.05) is 34.5 Å². The van der Waals surface area contributed by atoms with Crippen molar-refractivity contribution in [3.05, 3.63) is 182 Å². The number of fused-ring (bicyclic) bond motifs is 1. The maximum atomic E-state index is 7.52. The third kappa shape index (κ3) is 9.93. The van der Waals surface area contributed by atoms with Gasteiger partial charge in [-0.2, -0.15) is 0 Å². The molecule has 4 atom stereocenters. The molecule has 0 aliphatic carbocycles. The Morgan fingerprint density at radius 1 is 0.357 bits per heavy atom. The molecule has 0 radical (unpaired) electrons. The first kappa shape index (κ1) is 47.2. The van der Waals surface area contributed by atoms with Crippen LogP contribution in [-0.2, 0) is 18.5 Å². The molecule has 6 aromatic rings. The van der Waals surface area contributed by atoms with Crippen LogP contribution in [0.25, 0.3) is 0 Å². The summed E-state index contributed by atoms with van der Waals surface area (Å²) in [4.78, 5) is 0. The van der Waals surface area contributed by atoms with Crippen molar-refractivity contribution in [1.82, 2.24) is 0 Å². The Morgan fingerprint density at radius 2 is 0.536 bits per heavy atom. The predicted octanol–water partition coefficient (Wildman–Crippen LogP) is -0.794. The van der Waals surface area contributed by atoms with Gasteiger partial charge in [0.15, 0.2) is 12.2 Å². The zero-order valence-corrected chi connectivity index (χ0v) is 36.6. The summed E-state index contributed by atoms with van der Waals surface area (Å²) >= 11 is 0. The molecule has 296 valence electrons. The van der Waals surface area contributed by atoms with E-state index >= 15 is 0 Å². The summed E-state index contributed by atoms with van der Waals surface area (Å²) in [5, 5.41) is 28.0. The monoisotopic (exact) mass is 922 g/mol. The van der Waals surface area contributed by atoms with E-state index in [1.807, 2.05) is 0 Å². The summed E-state index contributed by atoms with van der Waals surface area (Å²) in [6.07, 6.45) is -1.10. The van der Waals surface area contributed by atoms with Crippen LogP contribution in [0.2, 0.25) is 0 Å². The lowest BCUT2D eigenvalue weighted by atomic mass is 10.1. The van der Waals surface area contributed by atoms with E-state index < -0.39 is 15.0 Å². The lowest BCUT2D eigenvalue weighted by Crippen LogP contribution is -3.00. The predicted molar refractivity (Wildman–Crippen MR) is 224 cm³/mol. The highest BCUT2D eigenvalue weighted by Gasteiger charge is 2.60. The van der Waals surface area contributed by atoms with Gasteiger partial charge in [-0.1, -0.05) is 109 Å². The van der Waals surface area contributed by atoms with Gasteiger partial charge < -0.3 is 58.8 Å². The third-order valence-electron chi connectivity index (χ3n) is 9.27. The lowest BCUT2D eigenvalue weighted by Gasteiger charge is -2.29. The van der Waals surface area contributed by atoms with Gasteiger partial charge in [0.1, 0.15) is 44.0 Å². The third-order valence-corrected chi connectivity index (χ3v) is 16.6. The minimum Gasteiger partial charge on any atom is -1.00 e. The number of hydrogen-bond acceptors (Lipinski definition) is 7. The topological polar surface area (TPSA) is 97.6 Å². The van der Waals surface area contributed by atoms with Crippen LogP contribution in [0.4, 0.5) is 0 Å². The Morgan fingerprint density at radius 3 is 0.714 bits per heavy atom. The van der Waals surface area contributed by atoms with Crippen molar-refractivity contribution >= 4 is 46.8 Å². The smallest absolute Gasteiger partial charge is 0.242 e. The van der Waals surface area contributed by atoms with Crippen LogP contribution in [0, 0.1) is 0 Å². The maximum Gasteiger partial charge on any atom is 0.242 e. The Balaban J connectivity index is 0.00000100. The van der Waals surface area contributed by atoms with Gasteiger partial charge in [-0.15, -0.1) is 0 Å². The highest BCUT2D eigenvalue weighted by molar-refractivity contribution is 7.92. The minimum absolute atomic E-state index is 0. The quantitative estimate of drug-likeness (QED) is 0.155. The molecule has 0 spiro atoms. The summed E-state index contributed by atoms with van der Waals surface area (Å²) in [6.45, 7) is 0.855. The van der Waals surface area contributed by atoms with Crippen LogP contribution < -0.4 is 65.8 Å². The molecule has 2 aliphatic rings. The van der Waals surface area contributed by atoms with Gasteiger partial charge in [-0.05, 0) is 72.8 Å². The van der Waals surface area contributed by atoms with Crippen LogP contribution in [0.5, 0.6) is 0 Å². The largest absolute Gasteiger partial charge is 1.00 e. The Hall–Kier alpha value is -3.14. The first-order valence-corrected chi connectivity index (χ1v) is 21.3. The molecule has 3 N–H and O–H groups in total. The van der Waals surface area contributed by atoms with Crippen LogP contribution in [0.1, 0.15) is 0 Å². The average Bonchev–Trinajstić information content (AvgIpc) is 3.88. The highest BCUT2D eigenvalue weighted by atomic mass is 79.9. The molecule has 2 fully saturated rings. The Labute approximate surface area is 353 Å². The molecule has 11 heteroatoms. The molecule has 2 heterocycles. The Bertz CT molecular complexity index is 1580. The average molecular weight is 925 g/mol. The van der Waals surface area contributed by atoms with E-state index in [-0.39, 0.29) is 58.4 Å². The van der Waals surface area contributed by atoms with Gasteiger partial charge in [0.2, 0.25) is 15.0 Å². The van der Waals surface area contributed by atoms with Crippen molar-refractivity contribution in [2.24, 2.45) is 0 Å². The van der Waals surface area contributed by atoms with E-state index in [4.69, 9.17) is 33.8 Å². The number of hydrogen-bond donors (Lipinski definition) is 3. The highest BCUT2D eigenvalue weighted by Crippen LogP contribution is 2.61. The number of aliphatic hydroxyl groups excluding tert-OH is 3. The minimum atomic E-state index is -2.55. The van der Waals surface area contributed by atoms with Gasteiger partial charge in [-0.25, -0.2) is 9.05 Å². The molecule has 0 saturated carbocycles. The van der Waals surface area contributed by atoms with Crippen LogP contribution in [0.3, 0.4) is 0 Å².